The van der Waals surface area contributed by atoms with E-state index in [1.54, 1.807) is 0 Å². The van der Waals surface area contributed by atoms with Gasteiger partial charge in [-0.05, 0) is 42.4 Å². The number of carbonyl (C=O) groups excluding carboxylic acids is 1. The summed E-state index contributed by atoms with van der Waals surface area (Å²) in [5, 5.41) is 6.57. The first-order valence-corrected chi connectivity index (χ1v) is 8.62. The van der Waals surface area contributed by atoms with Gasteiger partial charge >= 0.3 is 5.97 Å². The Bertz CT molecular complexity index is 832. The van der Waals surface area contributed by atoms with Crippen molar-refractivity contribution in [2.45, 2.75) is 19.6 Å². The lowest BCUT2D eigenvalue weighted by atomic mass is 9.95. The van der Waals surface area contributed by atoms with Gasteiger partial charge in [0.1, 0.15) is 12.4 Å². The first-order chi connectivity index (χ1) is 12.6. The number of thiocarbonyl (C=S) groups is 1. The van der Waals surface area contributed by atoms with Crippen LogP contribution in [0.3, 0.4) is 0 Å². The number of methoxy groups -OCH3 is 1. The van der Waals surface area contributed by atoms with E-state index in [1.807, 2.05) is 61.5 Å². The maximum Gasteiger partial charge on any atom is 0.337 e. The molecule has 1 atom stereocenters. The molecular weight excluding hydrogens is 348 g/mol. The highest BCUT2D eigenvalue weighted by Crippen LogP contribution is 2.28. The Morgan fingerprint density at radius 2 is 1.81 bits per heavy atom. The average molecular weight is 368 g/mol. The number of hydrogen-bond acceptors (Lipinski definition) is 4. The van der Waals surface area contributed by atoms with Gasteiger partial charge in [0.15, 0.2) is 5.11 Å². The molecule has 0 radical (unpaired) electrons. The Hall–Kier alpha value is -2.86. The molecule has 134 valence electrons. The predicted octanol–water partition coefficient (Wildman–Crippen LogP) is 3.23. The fraction of sp³-hybridized carbons (Fsp3) is 0.200. The topological polar surface area (TPSA) is 59.6 Å². The van der Waals surface area contributed by atoms with Crippen LogP contribution in [0.2, 0.25) is 0 Å². The van der Waals surface area contributed by atoms with Gasteiger partial charge in [-0.25, -0.2) is 4.79 Å². The van der Waals surface area contributed by atoms with Crippen LogP contribution in [-0.4, -0.2) is 18.2 Å². The summed E-state index contributed by atoms with van der Waals surface area (Å²) in [5.74, 6) is 0.369. The molecule has 1 unspecified atom stereocenters. The monoisotopic (exact) mass is 368 g/mol. The fourth-order valence-electron chi connectivity index (χ4n) is 2.82. The first kappa shape index (κ1) is 17.9. The number of nitrogens with one attached hydrogen (secondary N) is 2. The first-order valence-electron chi connectivity index (χ1n) is 8.22. The van der Waals surface area contributed by atoms with Gasteiger partial charge in [-0.1, -0.05) is 42.5 Å². The fourth-order valence-corrected chi connectivity index (χ4v) is 3.09. The van der Waals surface area contributed by atoms with E-state index in [4.69, 9.17) is 21.7 Å². The van der Waals surface area contributed by atoms with E-state index in [1.165, 1.54) is 7.11 Å². The van der Waals surface area contributed by atoms with Gasteiger partial charge in [-0.3, -0.25) is 0 Å². The van der Waals surface area contributed by atoms with E-state index in [0.717, 1.165) is 16.9 Å². The zero-order chi connectivity index (χ0) is 18.5. The van der Waals surface area contributed by atoms with E-state index in [2.05, 4.69) is 10.6 Å². The molecular formula is C20H20N2O3S. The molecule has 2 aromatic carbocycles. The minimum Gasteiger partial charge on any atom is -0.489 e. The van der Waals surface area contributed by atoms with Gasteiger partial charge in [-0.2, -0.15) is 0 Å². The van der Waals surface area contributed by atoms with Crippen LogP contribution in [0.25, 0.3) is 0 Å². The molecule has 0 bridgehead atoms. The predicted molar refractivity (Wildman–Crippen MR) is 104 cm³/mol. The zero-order valence-corrected chi connectivity index (χ0v) is 15.4. The second-order valence-electron chi connectivity index (χ2n) is 5.91. The van der Waals surface area contributed by atoms with Crippen LogP contribution in [0.4, 0.5) is 0 Å². The largest absolute Gasteiger partial charge is 0.489 e. The van der Waals surface area contributed by atoms with Crippen molar-refractivity contribution in [2.75, 3.05) is 7.11 Å². The van der Waals surface area contributed by atoms with Crippen molar-refractivity contribution in [1.82, 2.24) is 10.6 Å². The third-order valence-corrected chi connectivity index (χ3v) is 4.36. The van der Waals surface area contributed by atoms with Gasteiger partial charge in [0.2, 0.25) is 0 Å². The van der Waals surface area contributed by atoms with Gasteiger partial charge < -0.3 is 20.1 Å². The maximum atomic E-state index is 12.2. The summed E-state index contributed by atoms with van der Waals surface area (Å²) in [4.78, 5) is 12.2. The molecule has 0 aromatic heterocycles. The van der Waals surface area contributed by atoms with E-state index in [-0.39, 0.29) is 12.0 Å². The third-order valence-electron chi connectivity index (χ3n) is 4.14. The molecule has 1 aliphatic heterocycles. The van der Waals surface area contributed by atoms with Crippen molar-refractivity contribution in [2.24, 2.45) is 0 Å². The van der Waals surface area contributed by atoms with Crippen molar-refractivity contribution in [1.29, 1.82) is 0 Å². The smallest absolute Gasteiger partial charge is 0.337 e. The lowest BCUT2D eigenvalue weighted by Gasteiger charge is -2.29. The van der Waals surface area contributed by atoms with E-state index >= 15 is 0 Å². The second-order valence-corrected chi connectivity index (χ2v) is 6.31. The van der Waals surface area contributed by atoms with E-state index in [0.29, 0.717) is 23.0 Å². The van der Waals surface area contributed by atoms with Crippen molar-refractivity contribution in [3.05, 3.63) is 77.0 Å². The highest BCUT2D eigenvalue weighted by atomic mass is 32.1. The van der Waals surface area contributed by atoms with Crippen LogP contribution in [0.5, 0.6) is 5.75 Å². The third kappa shape index (κ3) is 4.03. The van der Waals surface area contributed by atoms with Gasteiger partial charge in [0.05, 0.1) is 18.7 Å². The average Bonchev–Trinajstić information content (AvgIpc) is 2.66. The molecule has 3 rings (SSSR count). The molecule has 26 heavy (non-hydrogen) atoms. The number of ether oxygens (including phenoxy) is 2. The SMILES string of the molecule is COC(=O)C1=C(C)NC(=S)NC1c1ccc(OCc2ccccc2)cc1. The number of benzene rings is 2. The zero-order valence-electron chi connectivity index (χ0n) is 14.6. The van der Waals surface area contributed by atoms with Crippen LogP contribution < -0.4 is 15.4 Å². The second kappa shape index (κ2) is 8.01. The standard InChI is InChI=1S/C20H20N2O3S/c1-13-17(19(23)24-2)18(22-20(26)21-13)15-8-10-16(11-9-15)25-12-14-6-4-3-5-7-14/h3-11,18H,12H2,1-2H3,(H2,21,22,26). The van der Waals surface area contributed by atoms with Crippen molar-refractivity contribution in [3.63, 3.8) is 0 Å². The van der Waals surface area contributed by atoms with Crippen LogP contribution >= 0.6 is 12.2 Å². The lowest BCUT2D eigenvalue weighted by Crippen LogP contribution is -2.45. The summed E-state index contributed by atoms with van der Waals surface area (Å²) < 4.78 is 10.7. The lowest BCUT2D eigenvalue weighted by molar-refractivity contribution is -0.136. The number of carbonyl (C=O) groups is 1. The Kier molecular flexibility index (Phi) is 5.53. The molecule has 0 aliphatic carbocycles. The van der Waals surface area contributed by atoms with Gasteiger partial charge in [-0.15, -0.1) is 0 Å². The van der Waals surface area contributed by atoms with E-state index < -0.39 is 0 Å². The normalized spacial score (nSPS) is 16.5. The summed E-state index contributed by atoms with van der Waals surface area (Å²) in [6.07, 6.45) is 0. The molecule has 1 aliphatic rings. The number of rotatable bonds is 5. The molecule has 1 heterocycles. The molecule has 0 fully saturated rings. The summed E-state index contributed by atoms with van der Waals surface area (Å²) in [7, 11) is 1.37. The van der Waals surface area contributed by atoms with Crippen LogP contribution in [-0.2, 0) is 16.1 Å². The Morgan fingerprint density at radius 3 is 2.46 bits per heavy atom. The van der Waals surface area contributed by atoms with Gasteiger partial charge in [0, 0.05) is 5.70 Å². The Labute approximate surface area is 158 Å². The Balaban J connectivity index is 1.77. The molecule has 0 saturated carbocycles. The van der Waals surface area contributed by atoms with Crippen molar-refractivity contribution in [3.8, 4) is 5.75 Å². The molecule has 2 aromatic rings. The number of esters is 1. The molecule has 5 nitrogen and oxygen atoms in total. The summed E-state index contributed by atoms with van der Waals surface area (Å²) >= 11 is 5.22. The summed E-state index contributed by atoms with van der Waals surface area (Å²) in [6.45, 7) is 2.31. The van der Waals surface area contributed by atoms with Crippen LogP contribution in [0.15, 0.2) is 65.9 Å². The molecule has 0 amide bonds. The molecule has 6 heteroatoms. The minimum absolute atomic E-state index is 0.362. The number of allylic oxidation sites excluding steroid dienone is 1. The van der Waals surface area contributed by atoms with E-state index in [9.17, 15) is 4.79 Å². The van der Waals surface area contributed by atoms with Crippen molar-refractivity contribution >= 4 is 23.3 Å². The summed E-state index contributed by atoms with van der Waals surface area (Å²) in [5.41, 5.74) is 3.21. The van der Waals surface area contributed by atoms with Crippen LogP contribution in [0, 0.1) is 0 Å². The minimum atomic E-state index is -0.389. The van der Waals surface area contributed by atoms with Crippen LogP contribution in [0.1, 0.15) is 24.1 Å². The van der Waals surface area contributed by atoms with Crippen molar-refractivity contribution < 1.29 is 14.3 Å². The highest BCUT2D eigenvalue weighted by Gasteiger charge is 2.30. The highest BCUT2D eigenvalue weighted by molar-refractivity contribution is 7.80. The molecule has 0 saturated heterocycles. The van der Waals surface area contributed by atoms with Gasteiger partial charge in [0.25, 0.3) is 0 Å². The molecule has 0 spiro atoms. The summed E-state index contributed by atoms with van der Waals surface area (Å²) in [6, 6.07) is 17.2. The maximum absolute atomic E-state index is 12.2. The quantitative estimate of drug-likeness (QED) is 0.624. The number of hydrogen-bond donors (Lipinski definition) is 2. The Morgan fingerprint density at radius 1 is 1.12 bits per heavy atom. The molecule has 2 N–H and O–H groups in total.